The molecule has 5 nitrogen and oxygen atoms in total. The van der Waals surface area contributed by atoms with E-state index in [9.17, 15) is 0 Å². The lowest BCUT2D eigenvalue weighted by Crippen LogP contribution is -2.37. The van der Waals surface area contributed by atoms with Crippen molar-refractivity contribution < 1.29 is 4.42 Å². The average molecular weight is 913 g/mol. The molecule has 0 unspecified atom stereocenters. The molecular formula is C62H53BN4OS. The Morgan fingerprint density at radius 3 is 2.14 bits per heavy atom. The Hall–Kier alpha value is -7.09. The molecule has 0 bridgehead atoms. The predicted octanol–water partition coefficient (Wildman–Crippen LogP) is 15.4. The number of nitrogens with one attached hydrogen (secondary N) is 1. The third-order valence-corrected chi connectivity index (χ3v) is 17.3. The molecule has 1 aliphatic heterocycles. The number of furan rings is 1. The molecule has 1 aliphatic carbocycles. The summed E-state index contributed by atoms with van der Waals surface area (Å²) < 4.78 is 14.4. The minimum Gasteiger partial charge on any atom is -0.456 e. The van der Waals surface area contributed by atoms with Gasteiger partial charge in [-0.2, -0.15) is 0 Å². The van der Waals surface area contributed by atoms with E-state index in [0.717, 1.165) is 76.0 Å². The van der Waals surface area contributed by atoms with Crippen LogP contribution in [0.25, 0.3) is 103 Å². The second-order valence-corrected chi connectivity index (χ2v) is 23.5. The monoisotopic (exact) mass is 912 g/mol. The summed E-state index contributed by atoms with van der Waals surface area (Å²) in [6, 6.07) is 52.4. The summed E-state index contributed by atoms with van der Waals surface area (Å²) in [5.41, 5.74) is 20.3. The summed E-state index contributed by atoms with van der Waals surface area (Å²) in [5.74, 6) is 0.973. The third kappa shape index (κ3) is 5.99. The van der Waals surface area contributed by atoms with E-state index in [0.29, 0.717) is 0 Å². The van der Waals surface area contributed by atoms with Crippen LogP contribution in [0.5, 0.6) is 0 Å². The minimum atomic E-state index is 0.0537. The van der Waals surface area contributed by atoms with Crippen LogP contribution < -0.4 is 16.2 Å². The van der Waals surface area contributed by atoms with Crippen molar-refractivity contribution in [1.29, 1.82) is 0 Å². The third-order valence-electron chi connectivity index (χ3n) is 16.2. The molecule has 336 valence electrons. The summed E-state index contributed by atoms with van der Waals surface area (Å²) >= 11 is 1.89. The largest absolute Gasteiger partial charge is 0.456 e. The Balaban J connectivity index is 1.05. The molecule has 4 aromatic heterocycles. The van der Waals surface area contributed by atoms with Gasteiger partial charge in [-0.1, -0.05) is 127 Å². The lowest BCUT2D eigenvalue weighted by Gasteiger charge is -2.41. The van der Waals surface area contributed by atoms with Gasteiger partial charge in [0.2, 0.25) is 0 Å². The zero-order valence-electron chi connectivity index (χ0n) is 40.6. The van der Waals surface area contributed by atoms with E-state index >= 15 is 0 Å². The van der Waals surface area contributed by atoms with Gasteiger partial charge in [-0.05, 0) is 117 Å². The van der Waals surface area contributed by atoms with Gasteiger partial charge < -0.3 is 18.9 Å². The zero-order chi connectivity index (χ0) is 46.9. The number of aryl methyl sites for hydroxylation is 1. The first-order chi connectivity index (χ1) is 33.2. The topological polar surface area (TPSA) is 47.9 Å². The fraction of sp³-hybridized carbons (Fsp3) is 0.210. The fourth-order valence-electron chi connectivity index (χ4n) is 12.1. The van der Waals surface area contributed by atoms with Crippen molar-refractivity contribution in [2.45, 2.75) is 77.6 Å². The van der Waals surface area contributed by atoms with Crippen LogP contribution in [0.2, 0.25) is 0 Å². The lowest BCUT2D eigenvalue weighted by molar-refractivity contribution is 0.332. The van der Waals surface area contributed by atoms with Crippen molar-refractivity contribution in [3.8, 4) is 28.2 Å². The van der Waals surface area contributed by atoms with E-state index in [2.05, 4.69) is 209 Å². The van der Waals surface area contributed by atoms with E-state index in [1.807, 2.05) is 11.3 Å². The van der Waals surface area contributed by atoms with Gasteiger partial charge in [0.05, 0.1) is 22.2 Å². The number of hydrogen-bond acceptors (Lipinski definition) is 4. The van der Waals surface area contributed by atoms with Gasteiger partial charge in [0.25, 0.3) is 0 Å². The number of aromatic nitrogens is 3. The number of fused-ring (bicyclic) bond motifs is 13. The molecule has 12 aromatic rings. The van der Waals surface area contributed by atoms with Gasteiger partial charge in [-0.25, -0.2) is 4.98 Å². The first-order valence-electron chi connectivity index (χ1n) is 24.6. The molecule has 0 spiro atoms. The van der Waals surface area contributed by atoms with Crippen LogP contribution in [-0.2, 0) is 23.3 Å². The Morgan fingerprint density at radius 2 is 1.36 bits per heavy atom. The molecule has 1 N–H and O–H groups in total. The number of nitrogens with zero attached hydrogens (tertiary/aromatic N) is 3. The van der Waals surface area contributed by atoms with Crippen LogP contribution in [0.4, 0.5) is 11.4 Å². The summed E-state index contributed by atoms with van der Waals surface area (Å²) in [7, 11) is 2.92. The zero-order valence-corrected chi connectivity index (χ0v) is 41.4. The molecule has 0 atom stereocenters. The van der Waals surface area contributed by atoms with Crippen LogP contribution in [0, 0.1) is 0 Å². The van der Waals surface area contributed by atoms with Gasteiger partial charge >= 0.3 is 0 Å². The van der Waals surface area contributed by atoms with Gasteiger partial charge in [-0.15, -0.1) is 11.3 Å². The molecule has 69 heavy (non-hydrogen) atoms. The summed E-state index contributed by atoms with van der Waals surface area (Å²) in [4.78, 5) is 5.32. The van der Waals surface area contributed by atoms with Crippen molar-refractivity contribution in [2.75, 3.05) is 5.32 Å². The maximum Gasteiger partial charge on any atom is 0.198 e. The smallest absolute Gasteiger partial charge is 0.198 e. The quantitative estimate of drug-likeness (QED) is 0.179. The molecule has 0 fully saturated rings. The Labute approximate surface area is 406 Å². The van der Waals surface area contributed by atoms with E-state index in [1.54, 1.807) is 0 Å². The number of anilines is 2. The summed E-state index contributed by atoms with van der Waals surface area (Å²) in [6.45, 7) is 16.4. The van der Waals surface area contributed by atoms with Gasteiger partial charge in [0.1, 0.15) is 17.0 Å². The highest BCUT2D eigenvalue weighted by Gasteiger charge is 2.38. The average Bonchev–Trinajstić information content (AvgIpc) is 4.07. The van der Waals surface area contributed by atoms with Crippen molar-refractivity contribution in [3.05, 3.63) is 156 Å². The standard InChI is InChI=1S/C62H53BN4OS/c1-60(2,3)35-18-20-36(21-19-35)64-48-31-54-42(43-28-45-46(29-53(43)68-54)62(6,7)25-24-61(45,4)5)26-40(48)38-22-23-39-41-27-44-37-16-12-13-17-55(37)69-56(44)33-50(41)67-51-32-52-49(30-47(51)63-57(38)58(39)67)65-59(66(52)8)34-14-10-9-11-15-34/h9-23,26-33,63-64H,24-25H2,1-8H3. The molecule has 0 radical (unpaired) electrons. The van der Waals surface area contributed by atoms with Gasteiger partial charge in [0.15, 0.2) is 7.28 Å². The number of thiophene rings is 1. The Morgan fingerprint density at radius 1 is 0.638 bits per heavy atom. The van der Waals surface area contributed by atoms with Crippen molar-refractivity contribution in [3.63, 3.8) is 0 Å². The van der Waals surface area contributed by atoms with E-state index in [4.69, 9.17) is 9.40 Å². The summed E-state index contributed by atoms with van der Waals surface area (Å²) in [5, 5.41) is 11.5. The second kappa shape index (κ2) is 14.0. The van der Waals surface area contributed by atoms with Crippen molar-refractivity contribution in [2.24, 2.45) is 7.05 Å². The Kier molecular flexibility index (Phi) is 8.31. The molecule has 0 saturated carbocycles. The SMILES string of the molecule is Cn1c(-c2ccccc2)nc2cc3c(cc21)-n1c2cc4sc5ccccc5c4cc2c2ccc(-c4cc5c(cc4Nc4ccc(C(C)(C)C)cc4)oc4cc6c(cc45)C(C)(C)CCC6(C)C)c(c21)B3. The molecule has 14 rings (SSSR count). The van der Waals surface area contributed by atoms with Crippen molar-refractivity contribution >= 4 is 116 Å². The van der Waals surface area contributed by atoms with Crippen LogP contribution in [0.15, 0.2) is 144 Å². The first-order valence-corrected chi connectivity index (χ1v) is 25.4. The maximum absolute atomic E-state index is 6.95. The highest BCUT2D eigenvalue weighted by atomic mass is 32.1. The maximum atomic E-state index is 6.95. The highest BCUT2D eigenvalue weighted by Crippen LogP contribution is 2.50. The van der Waals surface area contributed by atoms with Crippen LogP contribution in [0.1, 0.15) is 78.0 Å². The minimum absolute atomic E-state index is 0.0537. The molecule has 5 heterocycles. The molecule has 0 saturated heterocycles. The highest BCUT2D eigenvalue weighted by molar-refractivity contribution is 7.25. The molecular weight excluding hydrogens is 860 g/mol. The van der Waals surface area contributed by atoms with Crippen LogP contribution >= 0.6 is 11.3 Å². The number of benzene rings is 8. The van der Waals surface area contributed by atoms with Gasteiger partial charge in [-0.3, -0.25) is 0 Å². The van der Waals surface area contributed by atoms with Crippen molar-refractivity contribution in [1.82, 2.24) is 14.1 Å². The Bertz CT molecular complexity index is 4170. The fourth-order valence-corrected chi connectivity index (χ4v) is 13.3. The second-order valence-electron chi connectivity index (χ2n) is 22.4. The van der Waals surface area contributed by atoms with Gasteiger partial charge in [0, 0.05) is 82.8 Å². The number of imidazole rings is 1. The van der Waals surface area contributed by atoms with E-state index in [1.165, 1.54) is 86.2 Å². The number of hydrogen-bond donors (Lipinski definition) is 1. The number of rotatable bonds is 4. The molecule has 0 amide bonds. The lowest BCUT2D eigenvalue weighted by atomic mass is 9.59. The predicted molar refractivity (Wildman–Crippen MR) is 296 cm³/mol. The first kappa shape index (κ1) is 40.9. The van der Waals surface area contributed by atoms with Crippen LogP contribution in [-0.4, -0.2) is 21.4 Å². The summed E-state index contributed by atoms with van der Waals surface area (Å²) in [6.07, 6.45) is 2.32. The molecule has 2 aliphatic rings. The molecule has 8 aromatic carbocycles. The van der Waals surface area contributed by atoms with E-state index in [-0.39, 0.29) is 16.2 Å². The van der Waals surface area contributed by atoms with Crippen LogP contribution in [0.3, 0.4) is 0 Å². The molecule has 7 heteroatoms. The normalized spacial score (nSPS) is 15.2. The van der Waals surface area contributed by atoms with E-state index < -0.39 is 0 Å².